The third-order valence-corrected chi connectivity index (χ3v) is 7.68. The highest BCUT2D eigenvalue weighted by Crippen LogP contribution is 2.37. The number of nitrogens with one attached hydrogen (secondary N) is 1. The van der Waals surface area contributed by atoms with Gasteiger partial charge in [-0.2, -0.15) is 0 Å². The standard InChI is InChI=1S/C25H36N2O4/c28-21-12-10-17(16-22(21)29)11-13-23(30)26-24(19-7-2-1-3-8-19)25(31)27-15-14-18-6-4-5-9-20(18)27/h10,12,16,18-20,24,28-29H,1-9,11,13-15H2,(H,26,30). The van der Waals surface area contributed by atoms with E-state index in [1.165, 1.54) is 37.8 Å². The number of aryl methyl sites for hydroxylation is 1. The van der Waals surface area contributed by atoms with Crippen molar-refractivity contribution in [2.24, 2.45) is 11.8 Å². The minimum absolute atomic E-state index is 0.115. The zero-order valence-electron chi connectivity index (χ0n) is 18.4. The number of hydrogen-bond donors (Lipinski definition) is 3. The third kappa shape index (κ3) is 5.16. The van der Waals surface area contributed by atoms with Crippen molar-refractivity contribution in [3.63, 3.8) is 0 Å². The second kappa shape index (κ2) is 9.92. The Morgan fingerprint density at radius 3 is 2.48 bits per heavy atom. The van der Waals surface area contributed by atoms with E-state index in [0.717, 1.165) is 50.6 Å². The van der Waals surface area contributed by atoms with Crippen molar-refractivity contribution in [2.45, 2.75) is 89.1 Å². The number of benzene rings is 1. The number of phenolic OH excluding ortho intramolecular Hbond substituents is 2. The first-order valence-corrected chi connectivity index (χ1v) is 12.1. The van der Waals surface area contributed by atoms with Gasteiger partial charge in [0.05, 0.1) is 0 Å². The number of carbonyl (C=O) groups is 2. The van der Waals surface area contributed by atoms with Gasteiger partial charge in [-0.1, -0.05) is 38.2 Å². The lowest BCUT2D eigenvalue weighted by atomic mass is 9.82. The number of aromatic hydroxyl groups is 2. The summed E-state index contributed by atoms with van der Waals surface area (Å²) in [5, 5.41) is 22.2. The van der Waals surface area contributed by atoms with Crippen LogP contribution in [0.2, 0.25) is 0 Å². The van der Waals surface area contributed by atoms with Crippen LogP contribution in [-0.2, 0) is 16.0 Å². The van der Waals surface area contributed by atoms with E-state index < -0.39 is 6.04 Å². The number of nitrogens with zero attached hydrogens (tertiary/aromatic N) is 1. The van der Waals surface area contributed by atoms with Crippen molar-refractivity contribution in [3.05, 3.63) is 23.8 Å². The Labute approximate surface area is 185 Å². The molecule has 1 aliphatic heterocycles. The van der Waals surface area contributed by atoms with Crippen molar-refractivity contribution in [1.82, 2.24) is 10.2 Å². The zero-order chi connectivity index (χ0) is 21.8. The van der Waals surface area contributed by atoms with Crippen LogP contribution in [0.3, 0.4) is 0 Å². The van der Waals surface area contributed by atoms with E-state index in [1.807, 2.05) is 0 Å². The summed E-state index contributed by atoms with van der Waals surface area (Å²) in [6.07, 6.45) is 12.1. The van der Waals surface area contributed by atoms with Crippen LogP contribution >= 0.6 is 0 Å². The summed E-state index contributed by atoms with van der Waals surface area (Å²) in [5.41, 5.74) is 0.788. The zero-order valence-corrected chi connectivity index (χ0v) is 18.4. The highest BCUT2D eigenvalue weighted by Gasteiger charge is 2.42. The molecule has 1 aromatic carbocycles. The fourth-order valence-electron chi connectivity index (χ4n) is 5.93. The first kappa shape index (κ1) is 22.0. The fourth-order valence-corrected chi connectivity index (χ4v) is 5.93. The number of phenols is 2. The third-order valence-electron chi connectivity index (χ3n) is 7.68. The molecular formula is C25H36N2O4. The van der Waals surface area contributed by atoms with E-state index in [2.05, 4.69) is 10.2 Å². The predicted octanol–water partition coefficient (Wildman–Crippen LogP) is 3.89. The Bertz CT molecular complexity index is 790. The van der Waals surface area contributed by atoms with E-state index in [9.17, 15) is 19.8 Å². The first-order chi connectivity index (χ1) is 15.0. The second-order valence-electron chi connectivity index (χ2n) is 9.70. The molecule has 0 spiro atoms. The summed E-state index contributed by atoms with van der Waals surface area (Å²) in [6, 6.07) is 4.58. The minimum atomic E-state index is -0.415. The van der Waals surface area contributed by atoms with Crippen LogP contribution in [0.25, 0.3) is 0 Å². The molecule has 1 heterocycles. The van der Waals surface area contributed by atoms with Crippen molar-refractivity contribution in [3.8, 4) is 11.5 Å². The van der Waals surface area contributed by atoms with Gasteiger partial charge in [0.1, 0.15) is 6.04 Å². The SMILES string of the molecule is O=C(CCc1ccc(O)c(O)c1)NC(C(=O)N1CCC2CCCCC21)C1CCCCC1. The quantitative estimate of drug-likeness (QED) is 0.600. The molecule has 170 valence electrons. The fraction of sp³-hybridized carbons (Fsp3) is 0.680. The molecule has 1 saturated heterocycles. The van der Waals surface area contributed by atoms with Gasteiger partial charge >= 0.3 is 0 Å². The van der Waals surface area contributed by atoms with Crippen LogP contribution in [0.4, 0.5) is 0 Å². The Balaban J connectivity index is 1.41. The number of carbonyl (C=O) groups excluding carboxylic acids is 2. The molecule has 1 aromatic rings. The summed E-state index contributed by atoms with van der Waals surface area (Å²) in [6.45, 7) is 0.833. The molecule has 31 heavy (non-hydrogen) atoms. The number of likely N-dealkylation sites (tertiary alicyclic amines) is 1. The highest BCUT2D eigenvalue weighted by atomic mass is 16.3. The largest absolute Gasteiger partial charge is 0.504 e. The number of hydrogen-bond acceptors (Lipinski definition) is 4. The molecule has 4 rings (SSSR count). The maximum Gasteiger partial charge on any atom is 0.245 e. The number of amides is 2. The van der Waals surface area contributed by atoms with Crippen LogP contribution in [0, 0.1) is 11.8 Å². The van der Waals surface area contributed by atoms with Crippen molar-refractivity contribution >= 4 is 11.8 Å². The van der Waals surface area contributed by atoms with E-state index in [4.69, 9.17) is 0 Å². The molecule has 2 saturated carbocycles. The molecule has 3 unspecified atom stereocenters. The second-order valence-corrected chi connectivity index (χ2v) is 9.70. The van der Waals surface area contributed by atoms with Crippen molar-refractivity contribution in [1.29, 1.82) is 0 Å². The van der Waals surface area contributed by atoms with E-state index >= 15 is 0 Å². The molecule has 3 aliphatic rings. The van der Waals surface area contributed by atoms with Gasteiger partial charge in [0, 0.05) is 19.0 Å². The molecule has 2 aliphatic carbocycles. The molecule has 3 fully saturated rings. The summed E-state index contributed by atoms with van der Waals surface area (Å²) in [5.74, 6) is 0.549. The molecule has 0 bridgehead atoms. The van der Waals surface area contributed by atoms with Crippen LogP contribution in [0.5, 0.6) is 11.5 Å². The van der Waals surface area contributed by atoms with E-state index in [0.29, 0.717) is 18.4 Å². The maximum atomic E-state index is 13.6. The molecule has 0 aromatic heterocycles. The van der Waals surface area contributed by atoms with Gasteiger partial charge in [-0.15, -0.1) is 0 Å². The van der Waals surface area contributed by atoms with Gasteiger partial charge < -0.3 is 20.4 Å². The monoisotopic (exact) mass is 428 g/mol. The summed E-state index contributed by atoms with van der Waals surface area (Å²) in [7, 11) is 0. The Morgan fingerprint density at radius 1 is 0.968 bits per heavy atom. The maximum absolute atomic E-state index is 13.6. The lowest BCUT2D eigenvalue weighted by Crippen LogP contribution is -2.54. The average Bonchev–Trinajstić information content (AvgIpc) is 3.22. The van der Waals surface area contributed by atoms with Crippen molar-refractivity contribution < 1.29 is 19.8 Å². The average molecular weight is 429 g/mol. The molecule has 2 amide bonds. The van der Waals surface area contributed by atoms with Gasteiger partial charge in [0.2, 0.25) is 11.8 Å². The molecule has 3 atom stereocenters. The van der Waals surface area contributed by atoms with Crippen LogP contribution in [-0.4, -0.2) is 45.6 Å². The smallest absolute Gasteiger partial charge is 0.245 e. The van der Waals surface area contributed by atoms with Gasteiger partial charge in [-0.05, 0) is 68.1 Å². The van der Waals surface area contributed by atoms with E-state index in [1.54, 1.807) is 6.07 Å². The molecular weight excluding hydrogens is 392 g/mol. The lowest BCUT2D eigenvalue weighted by molar-refractivity contribution is -0.139. The molecule has 3 N–H and O–H groups in total. The topological polar surface area (TPSA) is 89.9 Å². The van der Waals surface area contributed by atoms with Crippen LogP contribution in [0.1, 0.15) is 76.2 Å². The lowest BCUT2D eigenvalue weighted by Gasteiger charge is -2.37. The Hall–Kier alpha value is -2.24. The summed E-state index contributed by atoms with van der Waals surface area (Å²) < 4.78 is 0. The number of rotatable bonds is 6. The van der Waals surface area contributed by atoms with Crippen molar-refractivity contribution in [2.75, 3.05) is 6.54 Å². The Kier molecular flexibility index (Phi) is 7.03. The summed E-state index contributed by atoms with van der Waals surface area (Å²) in [4.78, 5) is 28.6. The Morgan fingerprint density at radius 2 is 1.71 bits per heavy atom. The van der Waals surface area contributed by atoms with E-state index in [-0.39, 0.29) is 35.7 Å². The van der Waals surface area contributed by atoms with Crippen LogP contribution < -0.4 is 5.32 Å². The van der Waals surface area contributed by atoms with Gasteiger partial charge in [0.15, 0.2) is 11.5 Å². The molecule has 6 heteroatoms. The predicted molar refractivity (Wildman–Crippen MR) is 119 cm³/mol. The van der Waals surface area contributed by atoms with Crippen LogP contribution in [0.15, 0.2) is 18.2 Å². The highest BCUT2D eigenvalue weighted by molar-refractivity contribution is 5.88. The normalized spacial score (nSPS) is 25.1. The first-order valence-electron chi connectivity index (χ1n) is 12.1. The minimum Gasteiger partial charge on any atom is -0.504 e. The van der Waals surface area contributed by atoms with Gasteiger partial charge in [-0.3, -0.25) is 9.59 Å². The number of fused-ring (bicyclic) bond motifs is 1. The van der Waals surface area contributed by atoms with Gasteiger partial charge in [0.25, 0.3) is 0 Å². The molecule has 6 nitrogen and oxygen atoms in total. The van der Waals surface area contributed by atoms with Gasteiger partial charge in [-0.25, -0.2) is 0 Å². The molecule has 0 radical (unpaired) electrons. The summed E-state index contributed by atoms with van der Waals surface area (Å²) >= 11 is 0.